The number of rotatable bonds is 4. The van der Waals surface area contributed by atoms with E-state index in [9.17, 15) is 0 Å². The van der Waals surface area contributed by atoms with E-state index in [0.717, 1.165) is 44.0 Å². The fraction of sp³-hybridized carbons (Fsp3) is 0.471. The summed E-state index contributed by atoms with van der Waals surface area (Å²) in [6.45, 7) is 2.54. The molecule has 1 aliphatic carbocycles. The largest absolute Gasteiger partial charge is 0.486 e. The molecule has 2 aliphatic rings. The van der Waals surface area contributed by atoms with Crippen molar-refractivity contribution in [1.29, 1.82) is 0 Å². The third-order valence-corrected chi connectivity index (χ3v) is 4.51. The van der Waals surface area contributed by atoms with Crippen LogP contribution in [-0.2, 0) is 11.3 Å². The molecule has 0 N–H and O–H groups in total. The molecule has 0 spiro atoms. The van der Waals surface area contributed by atoms with Gasteiger partial charge in [0.05, 0.1) is 25.6 Å². The van der Waals surface area contributed by atoms with E-state index < -0.39 is 0 Å². The van der Waals surface area contributed by atoms with Gasteiger partial charge in [0, 0.05) is 18.8 Å². The highest BCUT2D eigenvalue weighted by atomic mass is 16.5. The zero-order valence-corrected chi connectivity index (χ0v) is 12.4. The van der Waals surface area contributed by atoms with E-state index in [0.29, 0.717) is 6.04 Å². The lowest BCUT2D eigenvalue weighted by molar-refractivity contribution is -0.0929. The summed E-state index contributed by atoms with van der Waals surface area (Å²) in [7, 11) is 0. The van der Waals surface area contributed by atoms with Crippen molar-refractivity contribution >= 4 is 0 Å². The molecule has 1 saturated carbocycles. The maximum absolute atomic E-state index is 6.09. The number of furan rings is 1. The quantitative estimate of drug-likeness (QED) is 0.868. The first-order valence-electron chi connectivity index (χ1n) is 7.85. The van der Waals surface area contributed by atoms with Gasteiger partial charge in [-0.3, -0.25) is 9.88 Å². The van der Waals surface area contributed by atoms with Crippen LogP contribution in [0.15, 0.2) is 47.3 Å². The zero-order valence-electron chi connectivity index (χ0n) is 12.4. The van der Waals surface area contributed by atoms with Crippen LogP contribution in [0.1, 0.15) is 18.6 Å². The molecule has 5 heteroatoms. The Balaban J connectivity index is 1.44. The van der Waals surface area contributed by atoms with Gasteiger partial charge in [-0.05, 0) is 37.1 Å². The van der Waals surface area contributed by atoms with Gasteiger partial charge in [0.1, 0.15) is 23.7 Å². The average molecular weight is 300 g/mol. The van der Waals surface area contributed by atoms with Crippen LogP contribution < -0.4 is 4.74 Å². The topological polar surface area (TPSA) is 47.7 Å². The van der Waals surface area contributed by atoms with Gasteiger partial charge < -0.3 is 13.9 Å². The molecule has 0 unspecified atom stereocenters. The molecule has 1 aliphatic heterocycles. The van der Waals surface area contributed by atoms with Crippen molar-refractivity contribution in [3.8, 4) is 5.75 Å². The van der Waals surface area contributed by atoms with Crippen molar-refractivity contribution in [1.82, 2.24) is 9.88 Å². The molecule has 4 rings (SSSR count). The SMILES string of the molecule is c1cncc(O[C@@H]2CC[C@H]3[C@H]2OCCN3Cc2ccco2)c1. The molecule has 3 heterocycles. The lowest BCUT2D eigenvalue weighted by atomic mass is 10.1. The monoisotopic (exact) mass is 300 g/mol. The number of fused-ring (bicyclic) bond motifs is 1. The molecule has 3 atom stereocenters. The highest BCUT2D eigenvalue weighted by Crippen LogP contribution is 2.33. The summed E-state index contributed by atoms with van der Waals surface area (Å²) in [6, 6.07) is 8.22. The maximum atomic E-state index is 6.09. The van der Waals surface area contributed by atoms with E-state index in [1.165, 1.54) is 0 Å². The molecule has 0 amide bonds. The van der Waals surface area contributed by atoms with E-state index in [-0.39, 0.29) is 12.2 Å². The lowest BCUT2D eigenvalue weighted by Gasteiger charge is -2.38. The molecule has 2 aromatic heterocycles. The summed E-state index contributed by atoms with van der Waals surface area (Å²) in [5.41, 5.74) is 0. The molecular weight excluding hydrogens is 280 g/mol. The number of hydrogen-bond donors (Lipinski definition) is 0. The first kappa shape index (κ1) is 13.8. The summed E-state index contributed by atoms with van der Waals surface area (Å²) in [4.78, 5) is 6.56. The van der Waals surface area contributed by atoms with Crippen molar-refractivity contribution in [3.63, 3.8) is 0 Å². The van der Waals surface area contributed by atoms with Gasteiger partial charge in [-0.15, -0.1) is 0 Å². The van der Waals surface area contributed by atoms with Crippen molar-refractivity contribution in [2.75, 3.05) is 13.2 Å². The minimum atomic E-state index is 0.105. The van der Waals surface area contributed by atoms with Crippen LogP contribution >= 0.6 is 0 Å². The molecule has 5 nitrogen and oxygen atoms in total. The number of pyridine rings is 1. The second-order valence-electron chi connectivity index (χ2n) is 5.87. The minimum Gasteiger partial charge on any atom is -0.486 e. The van der Waals surface area contributed by atoms with E-state index >= 15 is 0 Å². The summed E-state index contributed by atoms with van der Waals surface area (Å²) in [6.07, 6.45) is 7.59. The Kier molecular flexibility index (Phi) is 3.83. The van der Waals surface area contributed by atoms with Crippen LogP contribution in [-0.4, -0.2) is 41.3 Å². The summed E-state index contributed by atoms with van der Waals surface area (Å²) in [5.74, 6) is 1.83. The highest BCUT2D eigenvalue weighted by molar-refractivity contribution is 5.17. The summed E-state index contributed by atoms with van der Waals surface area (Å²) >= 11 is 0. The molecule has 2 fully saturated rings. The molecule has 2 aromatic rings. The summed E-state index contributed by atoms with van der Waals surface area (Å²) in [5, 5.41) is 0. The third kappa shape index (κ3) is 2.74. The van der Waals surface area contributed by atoms with Crippen LogP contribution in [0.25, 0.3) is 0 Å². The van der Waals surface area contributed by atoms with Crippen LogP contribution in [0.2, 0.25) is 0 Å². The van der Waals surface area contributed by atoms with Gasteiger partial charge in [-0.25, -0.2) is 0 Å². The molecule has 0 aromatic carbocycles. The zero-order chi connectivity index (χ0) is 14.8. The Hall–Kier alpha value is -1.85. The van der Waals surface area contributed by atoms with E-state index in [1.807, 2.05) is 24.3 Å². The van der Waals surface area contributed by atoms with E-state index in [4.69, 9.17) is 13.9 Å². The van der Waals surface area contributed by atoms with Gasteiger partial charge in [0.15, 0.2) is 0 Å². The van der Waals surface area contributed by atoms with Crippen LogP contribution in [0.3, 0.4) is 0 Å². The fourth-order valence-electron chi connectivity index (χ4n) is 3.51. The Morgan fingerprint density at radius 1 is 1.27 bits per heavy atom. The fourth-order valence-corrected chi connectivity index (χ4v) is 3.51. The van der Waals surface area contributed by atoms with E-state index in [2.05, 4.69) is 9.88 Å². The Bertz CT molecular complexity index is 587. The Morgan fingerprint density at radius 3 is 3.09 bits per heavy atom. The number of ether oxygens (including phenoxy) is 2. The predicted molar refractivity (Wildman–Crippen MR) is 80.5 cm³/mol. The van der Waals surface area contributed by atoms with Gasteiger partial charge in [0.25, 0.3) is 0 Å². The van der Waals surface area contributed by atoms with Crippen LogP contribution in [0.4, 0.5) is 0 Å². The summed E-state index contributed by atoms with van der Waals surface area (Å²) < 4.78 is 17.6. The van der Waals surface area contributed by atoms with Crippen molar-refractivity contribution < 1.29 is 13.9 Å². The standard InChI is InChI=1S/C17H20N2O3/c1-3-13(11-18-7-1)22-16-6-5-15-17(16)21-10-8-19(15)12-14-4-2-9-20-14/h1-4,7,9,11,15-17H,5-6,8,10,12H2/t15-,16+,17+/m0/s1. The number of nitrogens with zero attached hydrogens (tertiary/aromatic N) is 2. The van der Waals surface area contributed by atoms with Crippen molar-refractivity contribution in [2.45, 2.75) is 37.6 Å². The number of morpholine rings is 1. The maximum Gasteiger partial charge on any atom is 0.138 e. The van der Waals surface area contributed by atoms with Gasteiger partial charge in [-0.1, -0.05) is 0 Å². The Morgan fingerprint density at radius 2 is 2.27 bits per heavy atom. The molecule has 0 bridgehead atoms. The number of hydrogen-bond acceptors (Lipinski definition) is 5. The smallest absolute Gasteiger partial charge is 0.138 e. The second kappa shape index (κ2) is 6.10. The molecular formula is C17H20N2O3. The Labute approximate surface area is 129 Å². The van der Waals surface area contributed by atoms with Crippen LogP contribution in [0, 0.1) is 0 Å². The number of aromatic nitrogens is 1. The molecule has 0 radical (unpaired) electrons. The highest BCUT2D eigenvalue weighted by Gasteiger charge is 2.44. The lowest BCUT2D eigenvalue weighted by Crippen LogP contribution is -2.51. The third-order valence-electron chi connectivity index (χ3n) is 4.51. The first-order valence-corrected chi connectivity index (χ1v) is 7.85. The van der Waals surface area contributed by atoms with Crippen molar-refractivity contribution in [2.24, 2.45) is 0 Å². The van der Waals surface area contributed by atoms with Gasteiger partial charge >= 0.3 is 0 Å². The van der Waals surface area contributed by atoms with Gasteiger partial charge in [0.2, 0.25) is 0 Å². The van der Waals surface area contributed by atoms with Crippen LogP contribution in [0.5, 0.6) is 5.75 Å². The molecule has 116 valence electrons. The second-order valence-corrected chi connectivity index (χ2v) is 5.87. The van der Waals surface area contributed by atoms with Gasteiger partial charge in [-0.2, -0.15) is 0 Å². The van der Waals surface area contributed by atoms with Crippen molar-refractivity contribution in [3.05, 3.63) is 48.7 Å². The molecule has 22 heavy (non-hydrogen) atoms. The minimum absolute atomic E-state index is 0.105. The average Bonchev–Trinajstić information content (AvgIpc) is 3.19. The van der Waals surface area contributed by atoms with E-state index in [1.54, 1.807) is 18.7 Å². The first-order chi connectivity index (χ1) is 10.9. The normalized spacial score (nSPS) is 28.5. The molecule has 1 saturated heterocycles. The predicted octanol–water partition coefficient (Wildman–Crippen LogP) is 2.49.